The first-order valence-electron chi connectivity index (χ1n) is 8.81. The molecule has 136 valence electrons. The fourth-order valence-corrected chi connectivity index (χ4v) is 5.52. The molecule has 4 aliphatic rings. The van der Waals surface area contributed by atoms with E-state index in [0.717, 1.165) is 24.1 Å². The molecule has 3 unspecified atom stereocenters. The lowest BCUT2D eigenvalue weighted by atomic mass is 9.74. The number of hydrogen-bond donors (Lipinski definition) is 1. The number of halogens is 1. The Morgan fingerprint density at radius 1 is 1.15 bits per heavy atom. The minimum atomic E-state index is -1.03. The largest absolute Gasteiger partial charge is 0.453 e. The molecule has 5 rings (SSSR count). The molecule has 7 atom stereocenters. The maximum absolute atomic E-state index is 12.2. The van der Waals surface area contributed by atoms with E-state index in [4.69, 9.17) is 21.1 Å². The molecule has 0 saturated carbocycles. The molecule has 4 bridgehead atoms. The van der Waals surface area contributed by atoms with E-state index in [1.165, 1.54) is 0 Å². The number of esters is 2. The molecule has 3 fully saturated rings. The molecule has 3 saturated heterocycles. The van der Waals surface area contributed by atoms with Crippen molar-refractivity contribution >= 4 is 23.5 Å². The van der Waals surface area contributed by atoms with Crippen LogP contribution in [-0.2, 0) is 19.1 Å². The summed E-state index contributed by atoms with van der Waals surface area (Å²) >= 11 is 6.03. The van der Waals surface area contributed by atoms with E-state index in [-0.39, 0.29) is 17.9 Å². The lowest BCUT2D eigenvalue weighted by Crippen LogP contribution is -2.63. The first kappa shape index (κ1) is 16.3. The van der Waals surface area contributed by atoms with Gasteiger partial charge < -0.3 is 14.6 Å². The molecule has 6 nitrogen and oxygen atoms in total. The molecule has 4 aliphatic heterocycles. The third-order valence-corrected chi connectivity index (χ3v) is 6.53. The van der Waals surface area contributed by atoms with Gasteiger partial charge in [-0.1, -0.05) is 23.7 Å². The number of carbonyl (C=O) groups excluding carboxylic acids is 2. The summed E-state index contributed by atoms with van der Waals surface area (Å²) in [6.45, 7) is 0.407. The van der Waals surface area contributed by atoms with Gasteiger partial charge in [-0.2, -0.15) is 0 Å². The van der Waals surface area contributed by atoms with E-state index in [0.29, 0.717) is 18.0 Å². The molecule has 1 aromatic rings. The minimum absolute atomic E-state index is 0.0910. The Hall–Kier alpha value is -1.89. The molecule has 7 heteroatoms. The van der Waals surface area contributed by atoms with Crippen LogP contribution in [0.25, 0.3) is 0 Å². The third-order valence-electron chi connectivity index (χ3n) is 6.27. The van der Waals surface area contributed by atoms with Crippen LogP contribution in [0.2, 0.25) is 5.02 Å². The Labute approximate surface area is 155 Å². The lowest BCUT2D eigenvalue weighted by Gasteiger charge is -2.49. The quantitative estimate of drug-likeness (QED) is 0.752. The van der Waals surface area contributed by atoms with Gasteiger partial charge in [0.1, 0.15) is 0 Å². The van der Waals surface area contributed by atoms with Crippen molar-refractivity contribution in [3.05, 3.63) is 47.0 Å². The zero-order valence-corrected chi connectivity index (χ0v) is 14.6. The maximum atomic E-state index is 12.2. The molecule has 26 heavy (non-hydrogen) atoms. The van der Waals surface area contributed by atoms with Crippen molar-refractivity contribution in [2.24, 2.45) is 5.92 Å². The van der Waals surface area contributed by atoms with Gasteiger partial charge in [0.2, 0.25) is 5.72 Å². The highest BCUT2D eigenvalue weighted by molar-refractivity contribution is 6.30. The second kappa shape index (κ2) is 5.55. The summed E-state index contributed by atoms with van der Waals surface area (Å²) in [6.07, 6.45) is 2.33. The second-order valence-electron chi connectivity index (χ2n) is 7.44. The maximum Gasteiger partial charge on any atom is 0.332 e. The Balaban J connectivity index is 1.68. The molecule has 0 radical (unpaired) electrons. The molecule has 1 aromatic carbocycles. The Morgan fingerprint density at radius 2 is 1.88 bits per heavy atom. The number of aliphatic hydroxyl groups excluding tert-OH is 1. The summed E-state index contributed by atoms with van der Waals surface area (Å²) in [6, 6.07) is 7.46. The van der Waals surface area contributed by atoms with Gasteiger partial charge >= 0.3 is 11.9 Å². The van der Waals surface area contributed by atoms with Crippen molar-refractivity contribution < 1.29 is 24.2 Å². The summed E-state index contributed by atoms with van der Waals surface area (Å²) in [4.78, 5) is 26.5. The van der Waals surface area contributed by atoms with Crippen LogP contribution in [0.15, 0.2) is 36.4 Å². The van der Waals surface area contributed by atoms with E-state index in [1.54, 1.807) is 12.1 Å². The topological polar surface area (TPSA) is 76.1 Å². The van der Waals surface area contributed by atoms with Crippen molar-refractivity contribution in [3.63, 3.8) is 0 Å². The predicted octanol–water partition coefficient (Wildman–Crippen LogP) is 1.61. The van der Waals surface area contributed by atoms with Gasteiger partial charge in [0.15, 0.2) is 6.10 Å². The summed E-state index contributed by atoms with van der Waals surface area (Å²) in [5, 5.41) is 11.4. The molecule has 0 amide bonds. The van der Waals surface area contributed by atoms with Crippen LogP contribution in [0.3, 0.4) is 0 Å². The van der Waals surface area contributed by atoms with Crippen molar-refractivity contribution in [2.45, 2.75) is 42.7 Å². The number of benzene rings is 1. The lowest BCUT2D eigenvalue weighted by molar-refractivity contribution is -0.227. The minimum Gasteiger partial charge on any atom is -0.453 e. The van der Waals surface area contributed by atoms with E-state index < -0.39 is 29.9 Å². The smallest absolute Gasteiger partial charge is 0.332 e. The van der Waals surface area contributed by atoms with Gasteiger partial charge in [-0.05, 0) is 24.1 Å². The number of aliphatic hydroxyl groups is 1. The van der Waals surface area contributed by atoms with Crippen LogP contribution in [0.5, 0.6) is 0 Å². The van der Waals surface area contributed by atoms with Crippen LogP contribution in [0.1, 0.15) is 24.3 Å². The van der Waals surface area contributed by atoms with E-state index in [2.05, 4.69) is 0 Å². The van der Waals surface area contributed by atoms with Gasteiger partial charge in [0.25, 0.3) is 0 Å². The van der Waals surface area contributed by atoms with Crippen molar-refractivity contribution in [1.82, 2.24) is 4.90 Å². The fraction of sp³-hybridized carbons (Fsp3) is 0.474. The Kier molecular flexibility index (Phi) is 3.48. The molecular formula is C19H18ClNO5. The van der Waals surface area contributed by atoms with E-state index in [9.17, 15) is 14.7 Å². The highest BCUT2D eigenvalue weighted by Crippen LogP contribution is 2.59. The number of rotatable bonds is 1. The van der Waals surface area contributed by atoms with Crippen molar-refractivity contribution in [2.75, 3.05) is 6.54 Å². The zero-order valence-electron chi connectivity index (χ0n) is 13.9. The standard InChI is InChI=1S/C19H18ClNO5/c20-11-3-1-10(2-4-11)16-17-12-7-8-19(21(12)9-13(17)22)18(16)25-14(23)5-6-15(24)26-19/h1-6,12-13,16-18,22H,7-9H2/b6-5+/t12-,13?,16-,17+,18?,19+/m1/s1. The van der Waals surface area contributed by atoms with Crippen LogP contribution in [-0.4, -0.2) is 52.5 Å². The van der Waals surface area contributed by atoms with Crippen LogP contribution < -0.4 is 0 Å². The number of ether oxygens (including phenoxy) is 2. The number of hydrogen-bond acceptors (Lipinski definition) is 6. The van der Waals surface area contributed by atoms with Crippen LogP contribution in [0.4, 0.5) is 0 Å². The fourth-order valence-electron chi connectivity index (χ4n) is 5.40. The first-order chi connectivity index (χ1) is 12.5. The highest BCUT2D eigenvalue weighted by atomic mass is 35.5. The van der Waals surface area contributed by atoms with Crippen molar-refractivity contribution in [3.8, 4) is 0 Å². The zero-order chi connectivity index (χ0) is 18.1. The molecule has 1 N–H and O–H groups in total. The van der Waals surface area contributed by atoms with Crippen LogP contribution in [0, 0.1) is 5.92 Å². The molecule has 1 spiro atoms. The van der Waals surface area contributed by atoms with Crippen molar-refractivity contribution in [1.29, 1.82) is 0 Å². The monoisotopic (exact) mass is 375 g/mol. The summed E-state index contributed by atoms with van der Waals surface area (Å²) < 4.78 is 11.7. The SMILES string of the molecule is O=C1/C=C/C(=O)O[C@]23CC[C@@H]4[C@@H](C(O)CN42)[C@@H](c2ccc(Cl)cc2)C3O1. The normalized spacial score (nSPS) is 44.5. The molecule has 0 aromatic heterocycles. The summed E-state index contributed by atoms with van der Waals surface area (Å²) in [5.41, 5.74) is -0.102. The Bertz CT molecular complexity index is 809. The summed E-state index contributed by atoms with van der Waals surface area (Å²) in [7, 11) is 0. The van der Waals surface area contributed by atoms with Gasteiger partial charge in [0, 0.05) is 48.0 Å². The van der Waals surface area contributed by atoms with Gasteiger partial charge in [-0.15, -0.1) is 0 Å². The third kappa shape index (κ3) is 2.12. The van der Waals surface area contributed by atoms with Gasteiger partial charge in [-0.3, -0.25) is 4.90 Å². The predicted molar refractivity (Wildman–Crippen MR) is 91.3 cm³/mol. The molecule has 4 heterocycles. The average molecular weight is 376 g/mol. The Morgan fingerprint density at radius 3 is 2.65 bits per heavy atom. The summed E-state index contributed by atoms with van der Waals surface area (Å²) in [5.74, 6) is -1.48. The van der Waals surface area contributed by atoms with E-state index in [1.807, 2.05) is 17.0 Å². The number of nitrogens with zero attached hydrogens (tertiary/aromatic N) is 1. The van der Waals surface area contributed by atoms with Gasteiger partial charge in [0.05, 0.1) is 6.10 Å². The number of carbonyl (C=O) groups is 2. The van der Waals surface area contributed by atoms with Gasteiger partial charge in [-0.25, -0.2) is 9.59 Å². The van der Waals surface area contributed by atoms with Crippen LogP contribution >= 0.6 is 11.6 Å². The second-order valence-corrected chi connectivity index (χ2v) is 7.87. The first-order valence-corrected chi connectivity index (χ1v) is 9.19. The average Bonchev–Trinajstić information content (AvgIpc) is 3.04. The van der Waals surface area contributed by atoms with E-state index >= 15 is 0 Å². The number of piperidine rings is 1. The molecule has 0 aliphatic carbocycles. The highest BCUT2D eigenvalue weighted by Gasteiger charge is 2.70. The molecular weight excluding hydrogens is 358 g/mol.